The molecule has 4 nitrogen and oxygen atoms in total. The standard InChI is InChI=1S/C22H28N2O2/c1-16-4-7-19(8-5-16)21(24-10-12-26-13-11-24)15-23-22(25)20-9-6-17(2)18(3)14-20/h4-9,14,21H,10-13,15H2,1-3H3,(H,23,25). The Morgan fingerprint density at radius 2 is 1.73 bits per heavy atom. The molecule has 0 saturated carbocycles. The Hall–Kier alpha value is -2.17. The van der Waals surface area contributed by atoms with E-state index in [2.05, 4.69) is 48.3 Å². The zero-order valence-electron chi connectivity index (χ0n) is 15.9. The van der Waals surface area contributed by atoms with Crippen molar-refractivity contribution in [3.8, 4) is 0 Å². The molecule has 1 fully saturated rings. The van der Waals surface area contributed by atoms with Crippen molar-refractivity contribution in [1.29, 1.82) is 0 Å². The van der Waals surface area contributed by atoms with Crippen LogP contribution < -0.4 is 5.32 Å². The number of benzene rings is 2. The summed E-state index contributed by atoms with van der Waals surface area (Å²) in [7, 11) is 0. The maximum Gasteiger partial charge on any atom is 0.251 e. The van der Waals surface area contributed by atoms with Crippen LogP contribution in [0.2, 0.25) is 0 Å². The summed E-state index contributed by atoms with van der Waals surface area (Å²) in [6.07, 6.45) is 0. The maximum absolute atomic E-state index is 12.6. The normalized spacial score (nSPS) is 16.3. The Morgan fingerprint density at radius 1 is 1.04 bits per heavy atom. The molecule has 1 saturated heterocycles. The van der Waals surface area contributed by atoms with Crippen molar-refractivity contribution in [2.45, 2.75) is 26.8 Å². The van der Waals surface area contributed by atoms with E-state index in [-0.39, 0.29) is 11.9 Å². The summed E-state index contributed by atoms with van der Waals surface area (Å²) in [5.74, 6) is -0.0153. The van der Waals surface area contributed by atoms with Gasteiger partial charge in [-0.2, -0.15) is 0 Å². The molecule has 1 heterocycles. The lowest BCUT2D eigenvalue weighted by Crippen LogP contribution is -2.43. The zero-order valence-corrected chi connectivity index (χ0v) is 15.9. The van der Waals surface area contributed by atoms with E-state index in [1.165, 1.54) is 16.7 Å². The second-order valence-electron chi connectivity index (χ2n) is 7.08. The van der Waals surface area contributed by atoms with Crippen molar-refractivity contribution in [3.63, 3.8) is 0 Å². The lowest BCUT2D eigenvalue weighted by molar-refractivity contribution is 0.0162. The monoisotopic (exact) mass is 352 g/mol. The van der Waals surface area contributed by atoms with Crippen LogP contribution in [0.4, 0.5) is 0 Å². The van der Waals surface area contributed by atoms with E-state index in [0.29, 0.717) is 6.54 Å². The third-order valence-corrected chi connectivity index (χ3v) is 5.17. The van der Waals surface area contributed by atoms with Gasteiger partial charge in [0, 0.05) is 25.2 Å². The molecule has 4 heteroatoms. The topological polar surface area (TPSA) is 41.6 Å². The van der Waals surface area contributed by atoms with Gasteiger partial charge in [0.25, 0.3) is 5.91 Å². The minimum absolute atomic E-state index is 0.0153. The number of carbonyl (C=O) groups excluding carboxylic acids is 1. The molecule has 0 bridgehead atoms. The molecule has 0 aliphatic carbocycles. The molecule has 138 valence electrons. The SMILES string of the molecule is Cc1ccc(C(CNC(=O)c2ccc(C)c(C)c2)N2CCOCC2)cc1. The second-order valence-corrected chi connectivity index (χ2v) is 7.08. The summed E-state index contributed by atoms with van der Waals surface area (Å²) in [5, 5.41) is 3.13. The van der Waals surface area contributed by atoms with Crippen LogP contribution in [-0.4, -0.2) is 43.7 Å². The Kier molecular flexibility index (Phi) is 6.07. The number of hydrogen-bond donors (Lipinski definition) is 1. The van der Waals surface area contributed by atoms with Crippen LogP contribution in [0, 0.1) is 20.8 Å². The predicted molar refractivity (Wildman–Crippen MR) is 105 cm³/mol. The van der Waals surface area contributed by atoms with E-state index in [1.807, 2.05) is 25.1 Å². The van der Waals surface area contributed by atoms with Crippen molar-refractivity contribution in [2.75, 3.05) is 32.8 Å². The van der Waals surface area contributed by atoms with E-state index in [0.717, 1.165) is 37.4 Å². The van der Waals surface area contributed by atoms with Crippen LogP contribution in [0.1, 0.15) is 38.7 Å². The molecule has 26 heavy (non-hydrogen) atoms. The molecular weight excluding hydrogens is 324 g/mol. The van der Waals surface area contributed by atoms with Crippen LogP contribution >= 0.6 is 0 Å². The molecule has 1 aliphatic heterocycles. The number of amides is 1. The van der Waals surface area contributed by atoms with E-state index in [1.54, 1.807) is 0 Å². The van der Waals surface area contributed by atoms with Gasteiger partial charge in [-0.3, -0.25) is 9.69 Å². The van der Waals surface area contributed by atoms with Gasteiger partial charge in [-0.25, -0.2) is 0 Å². The van der Waals surface area contributed by atoms with Crippen molar-refractivity contribution < 1.29 is 9.53 Å². The largest absolute Gasteiger partial charge is 0.379 e. The maximum atomic E-state index is 12.6. The average molecular weight is 352 g/mol. The highest BCUT2D eigenvalue weighted by atomic mass is 16.5. The number of hydrogen-bond acceptors (Lipinski definition) is 3. The fourth-order valence-corrected chi connectivity index (χ4v) is 3.31. The molecule has 1 atom stereocenters. The summed E-state index contributed by atoms with van der Waals surface area (Å²) < 4.78 is 5.50. The highest BCUT2D eigenvalue weighted by Gasteiger charge is 2.23. The molecule has 0 spiro atoms. The Morgan fingerprint density at radius 3 is 2.38 bits per heavy atom. The van der Waals surface area contributed by atoms with Gasteiger partial charge < -0.3 is 10.1 Å². The van der Waals surface area contributed by atoms with Crippen LogP contribution in [0.3, 0.4) is 0 Å². The Labute approximate surface area is 156 Å². The van der Waals surface area contributed by atoms with Gasteiger partial charge in [0.1, 0.15) is 0 Å². The number of rotatable bonds is 5. The number of carbonyl (C=O) groups is 1. The number of nitrogens with one attached hydrogen (secondary N) is 1. The Bertz CT molecular complexity index is 749. The van der Waals surface area contributed by atoms with E-state index in [9.17, 15) is 4.79 Å². The minimum Gasteiger partial charge on any atom is -0.379 e. The quantitative estimate of drug-likeness (QED) is 0.896. The van der Waals surface area contributed by atoms with Crippen molar-refractivity contribution in [1.82, 2.24) is 10.2 Å². The summed E-state index contributed by atoms with van der Waals surface area (Å²) in [6, 6.07) is 14.6. The number of nitrogens with zero attached hydrogens (tertiary/aromatic N) is 1. The molecule has 0 aromatic heterocycles. The van der Waals surface area contributed by atoms with Crippen molar-refractivity contribution in [3.05, 3.63) is 70.3 Å². The summed E-state index contributed by atoms with van der Waals surface area (Å²) in [4.78, 5) is 15.0. The predicted octanol–water partition coefficient (Wildman–Crippen LogP) is 3.42. The molecule has 2 aromatic carbocycles. The lowest BCUT2D eigenvalue weighted by Gasteiger charge is -2.35. The molecule has 1 N–H and O–H groups in total. The van der Waals surface area contributed by atoms with Crippen molar-refractivity contribution in [2.24, 2.45) is 0 Å². The smallest absolute Gasteiger partial charge is 0.251 e. The molecule has 1 aliphatic rings. The average Bonchev–Trinajstić information content (AvgIpc) is 2.66. The fourth-order valence-electron chi connectivity index (χ4n) is 3.31. The highest BCUT2D eigenvalue weighted by molar-refractivity contribution is 5.94. The minimum atomic E-state index is -0.0153. The first-order valence-corrected chi connectivity index (χ1v) is 9.28. The molecular formula is C22H28N2O2. The van der Waals surface area contributed by atoms with Crippen LogP contribution in [0.5, 0.6) is 0 Å². The first-order valence-electron chi connectivity index (χ1n) is 9.28. The van der Waals surface area contributed by atoms with E-state index in [4.69, 9.17) is 4.74 Å². The number of aryl methyl sites for hydroxylation is 3. The molecule has 0 radical (unpaired) electrons. The van der Waals surface area contributed by atoms with Gasteiger partial charge in [-0.05, 0) is 49.6 Å². The highest BCUT2D eigenvalue weighted by Crippen LogP contribution is 2.22. The number of ether oxygens (including phenoxy) is 1. The van der Waals surface area contributed by atoms with Crippen LogP contribution in [0.15, 0.2) is 42.5 Å². The van der Waals surface area contributed by atoms with Crippen LogP contribution in [0.25, 0.3) is 0 Å². The first kappa shape index (κ1) is 18.6. The van der Waals surface area contributed by atoms with E-state index >= 15 is 0 Å². The number of morpholine rings is 1. The molecule has 2 aromatic rings. The van der Waals surface area contributed by atoms with Gasteiger partial charge in [0.2, 0.25) is 0 Å². The van der Waals surface area contributed by atoms with E-state index < -0.39 is 0 Å². The third-order valence-electron chi connectivity index (χ3n) is 5.17. The van der Waals surface area contributed by atoms with Crippen molar-refractivity contribution >= 4 is 5.91 Å². The van der Waals surface area contributed by atoms with Crippen LogP contribution in [-0.2, 0) is 4.74 Å². The van der Waals surface area contributed by atoms with Gasteiger partial charge in [0.05, 0.1) is 19.3 Å². The summed E-state index contributed by atoms with van der Waals surface area (Å²) in [5.41, 5.74) is 5.54. The van der Waals surface area contributed by atoms with Gasteiger partial charge >= 0.3 is 0 Å². The molecule has 1 amide bonds. The van der Waals surface area contributed by atoms with Gasteiger partial charge in [-0.15, -0.1) is 0 Å². The van der Waals surface area contributed by atoms with Gasteiger partial charge in [-0.1, -0.05) is 35.9 Å². The molecule has 1 unspecified atom stereocenters. The van der Waals surface area contributed by atoms with Gasteiger partial charge in [0.15, 0.2) is 0 Å². The summed E-state index contributed by atoms with van der Waals surface area (Å²) >= 11 is 0. The second kappa shape index (κ2) is 8.47. The Balaban J connectivity index is 1.73. The fraction of sp³-hybridized carbons (Fsp3) is 0.409. The molecule has 3 rings (SSSR count). The zero-order chi connectivity index (χ0) is 18.5. The lowest BCUT2D eigenvalue weighted by atomic mass is 10.0. The third kappa shape index (κ3) is 4.51. The summed E-state index contributed by atoms with van der Waals surface area (Å²) in [6.45, 7) is 10.0. The first-order chi connectivity index (χ1) is 12.5.